The molecule has 4 heteroatoms. The Morgan fingerprint density at radius 3 is 2.82 bits per heavy atom. The number of hydrogen-bond acceptors (Lipinski definition) is 3. The zero-order valence-electron chi connectivity index (χ0n) is 9.79. The van der Waals surface area contributed by atoms with Gasteiger partial charge in [-0.05, 0) is 36.4 Å². The van der Waals surface area contributed by atoms with Crippen molar-refractivity contribution in [2.24, 2.45) is 11.1 Å². The van der Waals surface area contributed by atoms with Gasteiger partial charge in [0.05, 0.1) is 5.02 Å². The standard InChI is InChI=1S/C13H17ClN2O/c14-12-8-16-5-2-10(12)6-11(17)7-13(9-15)3-1-4-13/h2,5,8H,1,3-4,6-7,9,15H2. The van der Waals surface area contributed by atoms with Crippen molar-refractivity contribution in [1.82, 2.24) is 4.98 Å². The van der Waals surface area contributed by atoms with Gasteiger partial charge in [-0.15, -0.1) is 0 Å². The molecule has 1 saturated carbocycles. The van der Waals surface area contributed by atoms with E-state index in [2.05, 4.69) is 4.98 Å². The van der Waals surface area contributed by atoms with Crippen LogP contribution in [-0.2, 0) is 11.2 Å². The summed E-state index contributed by atoms with van der Waals surface area (Å²) in [5.74, 6) is 0.225. The quantitative estimate of drug-likeness (QED) is 0.875. The molecule has 1 aromatic heterocycles. The van der Waals surface area contributed by atoms with Gasteiger partial charge >= 0.3 is 0 Å². The molecule has 0 amide bonds. The summed E-state index contributed by atoms with van der Waals surface area (Å²) in [6, 6.07) is 1.80. The lowest BCUT2D eigenvalue weighted by atomic mass is 9.65. The van der Waals surface area contributed by atoms with E-state index < -0.39 is 0 Å². The smallest absolute Gasteiger partial charge is 0.137 e. The zero-order chi connectivity index (χ0) is 12.3. The van der Waals surface area contributed by atoms with Gasteiger partial charge in [0.1, 0.15) is 5.78 Å². The van der Waals surface area contributed by atoms with E-state index in [1.54, 1.807) is 18.5 Å². The summed E-state index contributed by atoms with van der Waals surface area (Å²) in [6.45, 7) is 0.614. The third-order valence-corrected chi connectivity index (χ3v) is 4.00. The predicted molar refractivity (Wildman–Crippen MR) is 67.9 cm³/mol. The summed E-state index contributed by atoms with van der Waals surface area (Å²) in [5, 5.41) is 0.566. The molecule has 1 aliphatic rings. The zero-order valence-corrected chi connectivity index (χ0v) is 10.5. The van der Waals surface area contributed by atoms with Crippen LogP contribution >= 0.6 is 11.6 Å². The molecule has 0 spiro atoms. The number of nitrogens with two attached hydrogens (primary N) is 1. The van der Waals surface area contributed by atoms with Gasteiger partial charge in [-0.25, -0.2) is 0 Å². The maximum Gasteiger partial charge on any atom is 0.137 e. The van der Waals surface area contributed by atoms with Crippen molar-refractivity contribution in [2.75, 3.05) is 6.54 Å². The number of hydrogen-bond donors (Lipinski definition) is 1. The fourth-order valence-electron chi connectivity index (χ4n) is 2.37. The van der Waals surface area contributed by atoms with Gasteiger partial charge in [0.2, 0.25) is 0 Å². The van der Waals surface area contributed by atoms with Crippen LogP contribution in [0.15, 0.2) is 18.5 Å². The number of pyridine rings is 1. The highest BCUT2D eigenvalue weighted by Gasteiger charge is 2.37. The molecule has 2 rings (SSSR count). The summed E-state index contributed by atoms with van der Waals surface area (Å²) in [7, 11) is 0. The first-order chi connectivity index (χ1) is 8.15. The Morgan fingerprint density at radius 2 is 2.29 bits per heavy atom. The van der Waals surface area contributed by atoms with Crippen molar-refractivity contribution in [1.29, 1.82) is 0 Å². The van der Waals surface area contributed by atoms with E-state index >= 15 is 0 Å². The van der Waals surface area contributed by atoms with Crippen LogP contribution in [0.4, 0.5) is 0 Å². The van der Waals surface area contributed by atoms with E-state index in [1.807, 2.05) is 0 Å². The molecular formula is C13H17ClN2O. The summed E-state index contributed by atoms with van der Waals surface area (Å²) in [5.41, 5.74) is 6.69. The molecule has 0 unspecified atom stereocenters. The van der Waals surface area contributed by atoms with Crippen LogP contribution in [-0.4, -0.2) is 17.3 Å². The Morgan fingerprint density at radius 1 is 1.53 bits per heavy atom. The predicted octanol–water partition coefficient (Wildman–Crippen LogP) is 2.37. The van der Waals surface area contributed by atoms with Crippen molar-refractivity contribution < 1.29 is 4.79 Å². The molecule has 92 valence electrons. The number of ketones is 1. The molecule has 17 heavy (non-hydrogen) atoms. The van der Waals surface area contributed by atoms with Gasteiger partial charge in [-0.2, -0.15) is 0 Å². The van der Waals surface area contributed by atoms with E-state index in [0.29, 0.717) is 24.4 Å². The molecule has 0 atom stereocenters. The minimum absolute atomic E-state index is 0.0800. The summed E-state index contributed by atoms with van der Waals surface area (Å²) < 4.78 is 0. The van der Waals surface area contributed by atoms with Crippen molar-refractivity contribution in [3.63, 3.8) is 0 Å². The number of carbonyl (C=O) groups is 1. The molecule has 0 bridgehead atoms. The van der Waals surface area contributed by atoms with Gasteiger partial charge in [0, 0.05) is 25.2 Å². The molecule has 2 N–H and O–H groups in total. The van der Waals surface area contributed by atoms with Crippen molar-refractivity contribution in [3.8, 4) is 0 Å². The third-order valence-electron chi connectivity index (χ3n) is 3.66. The molecule has 1 aromatic rings. The van der Waals surface area contributed by atoms with E-state index in [0.717, 1.165) is 18.4 Å². The highest BCUT2D eigenvalue weighted by molar-refractivity contribution is 6.31. The van der Waals surface area contributed by atoms with E-state index in [9.17, 15) is 4.79 Å². The van der Waals surface area contributed by atoms with Gasteiger partial charge in [-0.3, -0.25) is 9.78 Å². The molecule has 3 nitrogen and oxygen atoms in total. The number of rotatable bonds is 5. The number of halogens is 1. The van der Waals surface area contributed by atoms with E-state index in [-0.39, 0.29) is 11.2 Å². The minimum Gasteiger partial charge on any atom is -0.330 e. The summed E-state index contributed by atoms with van der Waals surface area (Å²) in [6.07, 6.45) is 7.58. The van der Waals surface area contributed by atoms with Crippen molar-refractivity contribution in [2.45, 2.75) is 32.1 Å². The average Bonchev–Trinajstić information content (AvgIpc) is 2.27. The molecule has 0 radical (unpaired) electrons. The second-order valence-electron chi connectivity index (χ2n) is 4.92. The topological polar surface area (TPSA) is 56.0 Å². The Balaban J connectivity index is 1.96. The Hall–Kier alpha value is -0.930. The fourth-order valence-corrected chi connectivity index (χ4v) is 2.56. The van der Waals surface area contributed by atoms with Crippen LogP contribution < -0.4 is 5.73 Å². The van der Waals surface area contributed by atoms with Crippen molar-refractivity contribution >= 4 is 17.4 Å². The normalized spacial score (nSPS) is 17.5. The molecule has 1 aliphatic carbocycles. The van der Waals surface area contributed by atoms with Crippen molar-refractivity contribution in [3.05, 3.63) is 29.0 Å². The lowest BCUT2D eigenvalue weighted by Crippen LogP contribution is -2.39. The second-order valence-corrected chi connectivity index (χ2v) is 5.32. The molecule has 0 aromatic carbocycles. The van der Waals surface area contributed by atoms with Gasteiger partial charge < -0.3 is 5.73 Å². The highest BCUT2D eigenvalue weighted by Crippen LogP contribution is 2.43. The average molecular weight is 253 g/mol. The maximum atomic E-state index is 12.0. The minimum atomic E-state index is 0.0800. The number of carbonyl (C=O) groups excluding carboxylic acids is 1. The monoisotopic (exact) mass is 252 g/mol. The SMILES string of the molecule is NCC1(CC(=O)Cc2ccncc2Cl)CCC1. The van der Waals surface area contributed by atoms with Crippen LogP contribution in [0.3, 0.4) is 0 Å². The third kappa shape index (κ3) is 2.85. The number of aromatic nitrogens is 1. The second kappa shape index (κ2) is 5.15. The fraction of sp³-hybridized carbons (Fsp3) is 0.538. The molecule has 0 saturated heterocycles. The molecule has 0 aliphatic heterocycles. The first-order valence-electron chi connectivity index (χ1n) is 5.95. The molecule has 1 fully saturated rings. The van der Waals surface area contributed by atoms with Crippen LogP contribution in [0.25, 0.3) is 0 Å². The molecule has 1 heterocycles. The summed E-state index contributed by atoms with van der Waals surface area (Å²) >= 11 is 5.98. The number of Topliss-reactive ketones (excluding diaryl/α,β-unsaturated/α-hetero) is 1. The van der Waals surface area contributed by atoms with Crippen LogP contribution in [0.1, 0.15) is 31.2 Å². The van der Waals surface area contributed by atoms with Crippen LogP contribution in [0.5, 0.6) is 0 Å². The number of nitrogens with zero attached hydrogens (tertiary/aromatic N) is 1. The Labute approximate surface area is 106 Å². The van der Waals surface area contributed by atoms with E-state index in [1.165, 1.54) is 6.42 Å². The van der Waals surface area contributed by atoms with Crippen LogP contribution in [0, 0.1) is 5.41 Å². The largest absolute Gasteiger partial charge is 0.330 e. The Kier molecular flexibility index (Phi) is 3.79. The Bertz CT molecular complexity index is 410. The summed E-state index contributed by atoms with van der Waals surface area (Å²) in [4.78, 5) is 15.9. The van der Waals surface area contributed by atoms with Gasteiger partial charge in [-0.1, -0.05) is 18.0 Å². The van der Waals surface area contributed by atoms with E-state index in [4.69, 9.17) is 17.3 Å². The highest BCUT2D eigenvalue weighted by atomic mass is 35.5. The first kappa shape index (κ1) is 12.5. The lowest BCUT2D eigenvalue weighted by Gasteiger charge is -2.40. The van der Waals surface area contributed by atoms with Crippen LogP contribution in [0.2, 0.25) is 5.02 Å². The molecular weight excluding hydrogens is 236 g/mol. The first-order valence-corrected chi connectivity index (χ1v) is 6.33. The van der Waals surface area contributed by atoms with Gasteiger partial charge in [0.25, 0.3) is 0 Å². The maximum absolute atomic E-state index is 12.0. The lowest BCUT2D eigenvalue weighted by molar-refractivity contribution is -0.122. The van der Waals surface area contributed by atoms with Gasteiger partial charge in [0.15, 0.2) is 0 Å².